The van der Waals surface area contributed by atoms with Crippen molar-refractivity contribution in [3.63, 3.8) is 0 Å². The van der Waals surface area contributed by atoms with Gasteiger partial charge in [0.25, 0.3) is 0 Å². The van der Waals surface area contributed by atoms with Crippen LogP contribution in [-0.4, -0.2) is 33.7 Å². The van der Waals surface area contributed by atoms with Crippen molar-refractivity contribution in [3.8, 4) is 6.07 Å². The third-order valence-corrected chi connectivity index (χ3v) is 4.65. The van der Waals surface area contributed by atoms with Gasteiger partial charge in [0.2, 0.25) is 0 Å². The predicted molar refractivity (Wildman–Crippen MR) is 89.6 cm³/mol. The van der Waals surface area contributed by atoms with E-state index in [9.17, 15) is 10.4 Å². The quantitative estimate of drug-likeness (QED) is 0.750. The first-order chi connectivity index (χ1) is 11.2. The second kappa shape index (κ2) is 5.25. The number of para-hydroxylation sites is 2. The summed E-state index contributed by atoms with van der Waals surface area (Å²) < 4.78 is 2.08. The third kappa shape index (κ3) is 2.14. The molecule has 0 amide bonds. The van der Waals surface area contributed by atoms with E-state index >= 15 is 0 Å². The number of nitriles is 1. The molecule has 0 saturated carbocycles. The first-order valence-electron chi connectivity index (χ1n) is 7.93. The second-order valence-corrected chi connectivity index (χ2v) is 6.15. The number of imidazole rings is 1. The predicted octanol–water partition coefficient (Wildman–Crippen LogP) is 2.63. The third-order valence-electron chi connectivity index (χ3n) is 4.65. The largest absolute Gasteiger partial charge is 0.393 e. The summed E-state index contributed by atoms with van der Waals surface area (Å²) in [7, 11) is 0. The summed E-state index contributed by atoms with van der Waals surface area (Å²) in [5.74, 6) is 1.05. The summed E-state index contributed by atoms with van der Waals surface area (Å²) in [6, 6.07) is 12.3. The second-order valence-electron chi connectivity index (χ2n) is 6.15. The molecule has 116 valence electrons. The number of benzene rings is 1. The number of fused-ring (bicyclic) bond motifs is 3. The Bertz CT molecular complexity index is 929. The fraction of sp³-hybridized carbons (Fsp3) is 0.333. The molecule has 5 heteroatoms. The molecule has 0 bridgehead atoms. The molecule has 23 heavy (non-hydrogen) atoms. The van der Waals surface area contributed by atoms with E-state index in [-0.39, 0.29) is 6.10 Å². The molecule has 1 N–H and O–H groups in total. The molecule has 5 nitrogen and oxygen atoms in total. The van der Waals surface area contributed by atoms with Gasteiger partial charge in [-0.1, -0.05) is 12.1 Å². The first kappa shape index (κ1) is 14.0. The lowest BCUT2D eigenvalue weighted by molar-refractivity contribution is 0.145. The standard InChI is InChI=1S/C18H18N4O/c1-12-10-17(21-8-6-13(23)7-9-21)22-16-5-3-2-4-15(16)20-18(22)14(12)11-19/h2-5,10,13,23H,6-9H2,1H3. The molecular formula is C18H18N4O. The number of rotatable bonds is 1. The number of aryl methyl sites for hydroxylation is 1. The lowest BCUT2D eigenvalue weighted by atomic mass is 10.1. The summed E-state index contributed by atoms with van der Waals surface area (Å²) in [6.07, 6.45) is 1.33. The van der Waals surface area contributed by atoms with Gasteiger partial charge in [0.05, 0.1) is 22.7 Å². The van der Waals surface area contributed by atoms with Crippen molar-refractivity contribution < 1.29 is 5.11 Å². The fourth-order valence-corrected chi connectivity index (χ4v) is 3.40. The molecule has 1 aliphatic rings. The minimum atomic E-state index is -0.208. The molecule has 0 atom stereocenters. The van der Waals surface area contributed by atoms with Crippen LogP contribution in [0.4, 0.5) is 5.82 Å². The van der Waals surface area contributed by atoms with Crippen molar-refractivity contribution in [3.05, 3.63) is 41.5 Å². The van der Waals surface area contributed by atoms with Gasteiger partial charge in [-0.05, 0) is 43.5 Å². The fourth-order valence-electron chi connectivity index (χ4n) is 3.40. The van der Waals surface area contributed by atoms with Crippen molar-refractivity contribution in [1.29, 1.82) is 5.26 Å². The van der Waals surface area contributed by atoms with Gasteiger partial charge < -0.3 is 10.0 Å². The summed E-state index contributed by atoms with van der Waals surface area (Å²) >= 11 is 0. The number of aliphatic hydroxyl groups is 1. The Morgan fingerprint density at radius 2 is 2.00 bits per heavy atom. The lowest BCUT2D eigenvalue weighted by Gasteiger charge is -2.32. The van der Waals surface area contributed by atoms with Crippen molar-refractivity contribution in [1.82, 2.24) is 9.38 Å². The smallest absolute Gasteiger partial charge is 0.157 e. The Morgan fingerprint density at radius 1 is 1.26 bits per heavy atom. The molecule has 3 aromatic rings. The summed E-state index contributed by atoms with van der Waals surface area (Å²) in [5, 5.41) is 19.3. The lowest BCUT2D eigenvalue weighted by Crippen LogP contribution is -2.36. The summed E-state index contributed by atoms with van der Waals surface area (Å²) in [5.41, 5.74) is 4.20. The van der Waals surface area contributed by atoms with Crippen molar-refractivity contribution >= 4 is 22.5 Å². The average molecular weight is 306 g/mol. The molecule has 1 saturated heterocycles. The van der Waals surface area contributed by atoms with Gasteiger partial charge >= 0.3 is 0 Å². The summed E-state index contributed by atoms with van der Waals surface area (Å²) in [6.45, 7) is 3.59. The molecule has 0 spiro atoms. The Labute approximate surface area is 134 Å². The van der Waals surface area contributed by atoms with Crippen molar-refractivity contribution in [2.24, 2.45) is 0 Å². The molecular weight excluding hydrogens is 288 g/mol. The molecule has 0 unspecified atom stereocenters. The van der Waals surface area contributed by atoms with E-state index in [1.807, 2.05) is 31.2 Å². The molecule has 0 aliphatic carbocycles. The van der Waals surface area contributed by atoms with Crippen LogP contribution in [0.1, 0.15) is 24.0 Å². The summed E-state index contributed by atoms with van der Waals surface area (Å²) in [4.78, 5) is 6.96. The van der Waals surface area contributed by atoms with Gasteiger partial charge in [-0.3, -0.25) is 4.40 Å². The minimum Gasteiger partial charge on any atom is -0.393 e. The van der Waals surface area contributed by atoms with Gasteiger partial charge in [0.1, 0.15) is 11.9 Å². The Hall–Kier alpha value is -2.58. The van der Waals surface area contributed by atoms with Crippen LogP contribution in [0.2, 0.25) is 0 Å². The van der Waals surface area contributed by atoms with E-state index in [1.165, 1.54) is 0 Å². The van der Waals surface area contributed by atoms with Crippen molar-refractivity contribution in [2.75, 3.05) is 18.0 Å². The van der Waals surface area contributed by atoms with Crippen molar-refractivity contribution in [2.45, 2.75) is 25.9 Å². The maximum absolute atomic E-state index is 9.77. The van der Waals surface area contributed by atoms with E-state index in [4.69, 9.17) is 0 Å². The molecule has 1 aliphatic heterocycles. The van der Waals surface area contributed by atoms with Gasteiger partial charge in [0.15, 0.2) is 5.65 Å². The highest BCUT2D eigenvalue weighted by Crippen LogP contribution is 2.30. The molecule has 0 radical (unpaired) electrons. The maximum Gasteiger partial charge on any atom is 0.157 e. The topological polar surface area (TPSA) is 64.6 Å². The van der Waals surface area contributed by atoms with Gasteiger partial charge in [-0.2, -0.15) is 5.26 Å². The number of piperidine rings is 1. The zero-order valence-electron chi connectivity index (χ0n) is 13.0. The van der Waals surface area contributed by atoms with Crippen LogP contribution in [0.15, 0.2) is 30.3 Å². The first-order valence-corrected chi connectivity index (χ1v) is 7.93. The van der Waals surface area contributed by atoms with Crippen LogP contribution >= 0.6 is 0 Å². The number of pyridine rings is 1. The Kier molecular flexibility index (Phi) is 3.21. The number of anilines is 1. The highest BCUT2D eigenvalue weighted by Gasteiger charge is 2.22. The normalized spacial score (nSPS) is 16.1. The highest BCUT2D eigenvalue weighted by atomic mass is 16.3. The van der Waals surface area contributed by atoms with Gasteiger partial charge in [-0.25, -0.2) is 4.98 Å². The Morgan fingerprint density at radius 3 is 2.74 bits per heavy atom. The van der Waals surface area contributed by atoms with Gasteiger partial charge in [0, 0.05) is 13.1 Å². The van der Waals surface area contributed by atoms with E-state index in [0.717, 1.165) is 54.0 Å². The van der Waals surface area contributed by atoms with Crippen LogP contribution in [0.5, 0.6) is 0 Å². The van der Waals surface area contributed by atoms with E-state index in [1.54, 1.807) is 0 Å². The van der Waals surface area contributed by atoms with Crippen LogP contribution in [0.25, 0.3) is 16.7 Å². The molecule has 3 heterocycles. The van der Waals surface area contributed by atoms with Crippen LogP contribution in [-0.2, 0) is 0 Å². The van der Waals surface area contributed by atoms with Crippen LogP contribution in [0.3, 0.4) is 0 Å². The molecule has 1 aromatic carbocycles. The van der Waals surface area contributed by atoms with E-state index in [0.29, 0.717) is 5.56 Å². The zero-order valence-corrected chi connectivity index (χ0v) is 13.0. The van der Waals surface area contributed by atoms with Crippen LogP contribution < -0.4 is 4.90 Å². The number of aromatic nitrogens is 2. The Balaban J connectivity index is 2.02. The number of hydrogen-bond donors (Lipinski definition) is 1. The highest BCUT2D eigenvalue weighted by molar-refractivity contribution is 5.85. The average Bonchev–Trinajstić information content (AvgIpc) is 2.94. The number of hydrogen-bond acceptors (Lipinski definition) is 4. The molecule has 2 aromatic heterocycles. The maximum atomic E-state index is 9.77. The zero-order chi connectivity index (χ0) is 16.0. The SMILES string of the molecule is Cc1cc(N2CCC(O)CC2)n2c(nc3ccccc32)c1C#N. The number of nitrogens with zero attached hydrogens (tertiary/aromatic N) is 4. The minimum absolute atomic E-state index is 0.208. The molecule has 4 rings (SSSR count). The van der Waals surface area contributed by atoms with Gasteiger partial charge in [-0.15, -0.1) is 0 Å². The molecule has 1 fully saturated rings. The monoisotopic (exact) mass is 306 g/mol. The van der Waals surface area contributed by atoms with E-state index in [2.05, 4.69) is 26.4 Å². The van der Waals surface area contributed by atoms with Crippen LogP contribution in [0, 0.1) is 18.3 Å². The number of aliphatic hydroxyl groups excluding tert-OH is 1. The van der Waals surface area contributed by atoms with E-state index < -0.39 is 0 Å².